The van der Waals surface area contributed by atoms with Crippen molar-refractivity contribution < 1.29 is 14.7 Å². The van der Waals surface area contributed by atoms with Crippen LogP contribution >= 0.6 is 0 Å². The lowest BCUT2D eigenvalue weighted by atomic mass is 10.1. The summed E-state index contributed by atoms with van der Waals surface area (Å²) in [7, 11) is 0. The number of allylic oxidation sites excluding steroid dienone is 2. The molecule has 0 aromatic heterocycles. The zero-order chi connectivity index (χ0) is 18.1. The maximum atomic E-state index is 11.1. The fraction of sp³-hybridized carbons (Fsp3) is 0.188. The maximum absolute atomic E-state index is 11.1. The third-order valence-electron chi connectivity index (χ3n) is 2.92. The number of nitrogens with one attached hydrogen (secondary N) is 2. The number of carbonyl (C=O) groups is 2. The van der Waals surface area contributed by atoms with Crippen LogP contribution < -0.4 is 10.6 Å². The predicted octanol–water partition coefficient (Wildman–Crippen LogP) is 1.06. The smallest absolute Gasteiger partial charge is 0.326 e. The summed E-state index contributed by atoms with van der Waals surface area (Å²) in [6.45, 7) is 1.24. The minimum atomic E-state index is -1.14. The zero-order valence-electron chi connectivity index (χ0n) is 12.7. The Morgan fingerprint density at radius 2 is 1.71 bits per heavy atom. The summed E-state index contributed by atoms with van der Waals surface area (Å²) in [5.41, 5.74) is 0.613. The van der Waals surface area contributed by atoms with Crippen molar-refractivity contribution in [2.45, 2.75) is 19.4 Å². The predicted molar refractivity (Wildman–Crippen MR) is 82.9 cm³/mol. The topological polar surface area (TPSA) is 150 Å². The number of rotatable bonds is 6. The van der Waals surface area contributed by atoms with E-state index in [1.165, 1.54) is 6.92 Å². The van der Waals surface area contributed by atoms with E-state index in [0.717, 1.165) is 0 Å². The Balaban J connectivity index is 2.90. The molecule has 1 aromatic rings. The highest BCUT2D eigenvalue weighted by atomic mass is 16.4. The molecule has 24 heavy (non-hydrogen) atoms. The van der Waals surface area contributed by atoms with Crippen LogP contribution in [0.4, 0.5) is 5.69 Å². The number of anilines is 1. The average Bonchev–Trinajstić information content (AvgIpc) is 2.55. The number of carboxylic acids is 1. The Morgan fingerprint density at radius 1 is 1.12 bits per heavy atom. The van der Waals surface area contributed by atoms with Crippen molar-refractivity contribution in [3.63, 3.8) is 0 Å². The van der Waals surface area contributed by atoms with E-state index < -0.39 is 17.9 Å². The van der Waals surface area contributed by atoms with Crippen molar-refractivity contribution in [2.75, 3.05) is 5.32 Å². The zero-order valence-corrected chi connectivity index (χ0v) is 12.7. The van der Waals surface area contributed by atoms with Crippen molar-refractivity contribution in [2.24, 2.45) is 0 Å². The number of aliphatic carboxylic acids is 1. The molecule has 1 unspecified atom stereocenters. The molecular formula is C16H13N5O3. The van der Waals surface area contributed by atoms with Crippen LogP contribution in [0.15, 0.2) is 35.5 Å². The first-order valence-electron chi connectivity index (χ1n) is 6.71. The van der Waals surface area contributed by atoms with Gasteiger partial charge in [0.2, 0.25) is 5.91 Å². The number of nitrogens with zero attached hydrogens (tertiary/aromatic N) is 3. The van der Waals surface area contributed by atoms with Crippen LogP contribution in [0.3, 0.4) is 0 Å². The van der Waals surface area contributed by atoms with Gasteiger partial charge in [0.1, 0.15) is 29.9 Å². The van der Waals surface area contributed by atoms with E-state index in [4.69, 9.17) is 20.9 Å². The Kier molecular flexibility index (Phi) is 6.51. The SMILES string of the molecule is CC(=O)NC(Cc1ccc(NC(C#N)=C(C#N)C#N)cc1)C(=O)O. The molecule has 1 amide bonds. The minimum absolute atomic E-state index is 0.0950. The van der Waals surface area contributed by atoms with E-state index in [2.05, 4.69) is 10.6 Å². The number of benzene rings is 1. The molecule has 1 aromatic carbocycles. The van der Waals surface area contributed by atoms with E-state index in [1.807, 2.05) is 0 Å². The second kappa shape index (κ2) is 8.57. The molecule has 0 aliphatic heterocycles. The normalized spacial score (nSPS) is 10.2. The van der Waals surface area contributed by atoms with Gasteiger partial charge in [-0.15, -0.1) is 0 Å². The van der Waals surface area contributed by atoms with E-state index in [1.54, 1.807) is 42.5 Å². The van der Waals surface area contributed by atoms with Crippen LogP contribution in [0.25, 0.3) is 0 Å². The number of hydrogen-bond acceptors (Lipinski definition) is 6. The van der Waals surface area contributed by atoms with Crippen molar-refractivity contribution in [3.8, 4) is 18.2 Å². The van der Waals surface area contributed by atoms with Gasteiger partial charge in [-0.2, -0.15) is 15.8 Å². The molecular weight excluding hydrogens is 310 g/mol. The van der Waals surface area contributed by atoms with Crippen molar-refractivity contribution in [1.82, 2.24) is 5.32 Å². The molecule has 1 atom stereocenters. The molecule has 0 spiro atoms. The molecule has 0 heterocycles. The largest absolute Gasteiger partial charge is 0.480 e. The van der Waals surface area contributed by atoms with Crippen molar-refractivity contribution in [3.05, 3.63) is 41.1 Å². The minimum Gasteiger partial charge on any atom is -0.480 e. The van der Waals surface area contributed by atoms with Gasteiger partial charge in [0.05, 0.1) is 0 Å². The summed E-state index contributed by atoms with van der Waals surface area (Å²) >= 11 is 0. The lowest BCUT2D eigenvalue weighted by Gasteiger charge is -2.13. The van der Waals surface area contributed by atoms with Gasteiger partial charge in [-0.25, -0.2) is 4.79 Å². The molecule has 0 aliphatic carbocycles. The number of nitriles is 3. The summed E-state index contributed by atoms with van der Waals surface area (Å²) in [5, 5.41) is 40.5. The van der Waals surface area contributed by atoms with Gasteiger partial charge in [-0.1, -0.05) is 12.1 Å². The first kappa shape index (κ1) is 18.2. The highest BCUT2D eigenvalue weighted by Gasteiger charge is 2.18. The summed E-state index contributed by atoms with van der Waals surface area (Å²) in [4.78, 5) is 22.1. The molecule has 0 aliphatic rings. The van der Waals surface area contributed by atoms with Crippen LogP contribution in [-0.4, -0.2) is 23.0 Å². The number of carbonyl (C=O) groups excluding carboxylic acids is 1. The van der Waals surface area contributed by atoms with Crippen LogP contribution in [0.5, 0.6) is 0 Å². The molecule has 8 nitrogen and oxygen atoms in total. The quantitative estimate of drug-likeness (QED) is 0.662. The molecule has 0 fully saturated rings. The van der Waals surface area contributed by atoms with Crippen LogP contribution in [0, 0.1) is 34.0 Å². The number of hydrogen-bond donors (Lipinski definition) is 3. The third-order valence-corrected chi connectivity index (χ3v) is 2.92. The summed E-state index contributed by atoms with van der Waals surface area (Å²) < 4.78 is 0. The van der Waals surface area contributed by atoms with Gasteiger partial charge in [0.25, 0.3) is 0 Å². The fourth-order valence-electron chi connectivity index (χ4n) is 1.83. The van der Waals surface area contributed by atoms with Gasteiger partial charge in [0, 0.05) is 19.0 Å². The summed E-state index contributed by atoms with van der Waals surface area (Å²) in [5.74, 6) is -1.58. The monoisotopic (exact) mass is 323 g/mol. The molecule has 0 saturated carbocycles. The van der Waals surface area contributed by atoms with Gasteiger partial charge < -0.3 is 15.7 Å². The highest BCUT2D eigenvalue weighted by Crippen LogP contribution is 2.15. The first-order chi connectivity index (χ1) is 11.4. The Morgan fingerprint density at radius 3 is 2.12 bits per heavy atom. The molecule has 1 rings (SSSR count). The molecule has 120 valence electrons. The third kappa shape index (κ3) is 5.18. The average molecular weight is 323 g/mol. The van der Waals surface area contributed by atoms with Crippen LogP contribution in [0.1, 0.15) is 12.5 Å². The Labute approximate surface area is 138 Å². The highest BCUT2D eigenvalue weighted by molar-refractivity contribution is 5.82. The van der Waals surface area contributed by atoms with E-state index in [-0.39, 0.29) is 17.7 Å². The maximum Gasteiger partial charge on any atom is 0.326 e. The standard InChI is InChI=1S/C16H13N5O3/c1-10(22)20-14(16(23)24)6-11-2-4-13(5-3-11)21-15(9-19)12(7-17)8-18/h2-5,14,21H,6H2,1H3,(H,20,22)(H,23,24). The second-order valence-electron chi connectivity index (χ2n) is 4.70. The van der Waals surface area contributed by atoms with Crippen LogP contribution in [0.2, 0.25) is 0 Å². The van der Waals surface area contributed by atoms with E-state index in [0.29, 0.717) is 11.3 Å². The van der Waals surface area contributed by atoms with Crippen LogP contribution in [-0.2, 0) is 16.0 Å². The van der Waals surface area contributed by atoms with Gasteiger partial charge in [-0.05, 0) is 17.7 Å². The second-order valence-corrected chi connectivity index (χ2v) is 4.70. The summed E-state index contributed by atoms with van der Waals surface area (Å²) in [6.07, 6.45) is 0.0950. The molecule has 0 bridgehead atoms. The van der Waals surface area contributed by atoms with Crippen molar-refractivity contribution >= 4 is 17.6 Å². The lowest BCUT2D eigenvalue weighted by Crippen LogP contribution is -2.41. The summed E-state index contributed by atoms with van der Waals surface area (Å²) in [6, 6.07) is 10.3. The Bertz CT molecular complexity index is 775. The van der Waals surface area contributed by atoms with E-state index in [9.17, 15) is 9.59 Å². The van der Waals surface area contributed by atoms with Gasteiger partial charge in [-0.3, -0.25) is 4.79 Å². The van der Waals surface area contributed by atoms with Gasteiger partial charge >= 0.3 is 5.97 Å². The molecule has 8 heteroatoms. The lowest BCUT2D eigenvalue weighted by molar-refractivity contribution is -0.141. The molecule has 0 radical (unpaired) electrons. The van der Waals surface area contributed by atoms with Gasteiger partial charge in [0.15, 0.2) is 5.57 Å². The first-order valence-corrected chi connectivity index (χ1v) is 6.71. The molecule has 0 saturated heterocycles. The number of amides is 1. The molecule has 3 N–H and O–H groups in total. The van der Waals surface area contributed by atoms with E-state index >= 15 is 0 Å². The Hall–Kier alpha value is -3.83. The fourth-order valence-corrected chi connectivity index (χ4v) is 1.83. The van der Waals surface area contributed by atoms with Crippen molar-refractivity contribution in [1.29, 1.82) is 15.8 Å². The number of carboxylic acid groups (broad SMARTS) is 1.